The Labute approximate surface area is 164 Å². The van der Waals surface area contributed by atoms with Gasteiger partial charge in [-0.25, -0.2) is 8.42 Å². The van der Waals surface area contributed by atoms with Crippen LogP contribution in [0.2, 0.25) is 0 Å². The minimum absolute atomic E-state index is 0.223. The second-order valence-electron chi connectivity index (χ2n) is 6.12. The van der Waals surface area contributed by atoms with Gasteiger partial charge in [-0.3, -0.25) is 20.3 Å². The molecule has 10 heteroatoms. The number of nitrogens with zero attached hydrogens (tertiary/aromatic N) is 1. The molecule has 0 radical (unpaired) electrons. The molecule has 1 amide bonds. The van der Waals surface area contributed by atoms with Gasteiger partial charge in [0.1, 0.15) is 11.2 Å². The molecule has 0 saturated heterocycles. The molecule has 3 aromatic carbocycles. The molecule has 4 rings (SSSR count). The van der Waals surface area contributed by atoms with Crippen LogP contribution in [0.1, 0.15) is 10.4 Å². The SMILES string of the molecule is O=C(NNS(=O)(=O)c1ccc([N+](=O)[O-])cc1)c1ccc2oc3ccccc3c2c1. The van der Waals surface area contributed by atoms with E-state index in [1.54, 1.807) is 12.1 Å². The van der Waals surface area contributed by atoms with Crippen LogP contribution in [0.3, 0.4) is 0 Å². The van der Waals surface area contributed by atoms with E-state index in [4.69, 9.17) is 4.42 Å². The summed E-state index contributed by atoms with van der Waals surface area (Å²) in [5.41, 5.74) is 3.41. The quantitative estimate of drug-likeness (QED) is 0.383. The van der Waals surface area contributed by atoms with Crippen molar-refractivity contribution in [3.63, 3.8) is 0 Å². The van der Waals surface area contributed by atoms with E-state index in [1.807, 2.05) is 29.1 Å². The van der Waals surface area contributed by atoms with Gasteiger partial charge in [-0.2, -0.15) is 0 Å². The van der Waals surface area contributed by atoms with Crippen molar-refractivity contribution >= 4 is 43.6 Å². The molecule has 9 nitrogen and oxygen atoms in total. The van der Waals surface area contributed by atoms with Gasteiger partial charge in [0.05, 0.1) is 9.82 Å². The third-order valence-electron chi connectivity index (χ3n) is 4.30. The molecule has 4 aromatic rings. The minimum atomic E-state index is -4.10. The number of nitro groups is 1. The van der Waals surface area contributed by atoms with Crippen molar-refractivity contribution in [2.24, 2.45) is 0 Å². The summed E-state index contributed by atoms with van der Waals surface area (Å²) in [5, 5.41) is 12.2. The number of fused-ring (bicyclic) bond motifs is 3. The highest BCUT2D eigenvalue weighted by Crippen LogP contribution is 2.29. The number of hydrogen-bond donors (Lipinski definition) is 2. The van der Waals surface area contributed by atoms with E-state index in [0.717, 1.165) is 35.0 Å². The molecule has 146 valence electrons. The molecule has 0 aliphatic heterocycles. The lowest BCUT2D eigenvalue weighted by atomic mass is 10.1. The molecule has 29 heavy (non-hydrogen) atoms. The van der Waals surface area contributed by atoms with E-state index < -0.39 is 20.9 Å². The molecule has 0 saturated carbocycles. The van der Waals surface area contributed by atoms with Crippen molar-refractivity contribution in [2.45, 2.75) is 4.90 Å². The van der Waals surface area contributed by atoms with Crippen molar-refractivity contribution < 1.29 is 22.6 Å². The molecule has 0 atom stereocenters. The maximum Gasteiger partial charge on any atom is 0.269 e. The Balaban J connectivity index is 1.54. The highest BCUT2D eigenvalue weighted by molar-refractivity contribution is 7.89. The third kappa shape index (κ3) is 3.53. The Kier molecular flexibility index (Phi) is 4.49. The predicted molar refractivity (Wildman–Crippen MR) is 105 cm³/mol. The standard InChI is InChI=1S/C19H13N3O6S/c23-19(20-21-29(26,27)14-8-6-13(7-9-14)22(24)25)12-5-10-18-16(11-12)15-3-1-2-4-17(15)28-18/h1-11,21H,(H,20,23). The van der Waals surface area contributed by atoms with E-state index in [2.05, 4.69) is 5.43 Å². The molecule has 1 heterocycles. The number of carbonyl (C=O) groups excluding carboxylic acids is 1. The van der Waals surface area contributed by atoms with Gasteiger partial charge in [-0.1, -0.05) is 18.2 Å². The van der Waals surface area contributed by atoms with Crippen LogP contribution in [0, 0.1) is 10.1 Å². The van der Waals surface area contributed by atoms with Crippen LogP contribution in [-0.2, 0) is 10.0 Å². The lowest BCUT2D eigenvalue weighted by Crippen LogP contribution is -2.41. The zero-order chi connectivity index (χ0) is 20.6. The second-order valence-corrected chi connectivity index (χ2v) is 7.80. The number of carbonyl (C=O) groups is 1. The molecular formula is C19H13N3O6S. The topological polar surface area (TPSA) is 132 Å². The lowest BCUT2D eigenvalue weighted by Gasteiger charge is -2.08. The van der Waals surface area contributed by atoms with E-state index in [0.29, 0.717) is 11.2 Å². The van der Waals surface area contributed by atoms with Gasteiger partial charge in [-0.15, -0.1) is 4.83 Å². The highest BCUT2D eigenvalue weighted by atomic mass is 32.2. The summed E-state index contributed by atoms with van der Waals surface area (Å²) in [6, 6.07) is 16.4. The molecule has 2 N–H and O–H groups in total. The van der Waals surface area contributed by atoms with Crippen molar-refractivity contribution in [2.75, 3.05) is 0 Å². The molecule has 0 aliphatic carbocycles. The van der Waals surface area contributed by atoms with Crippen LogP contribution >= 0.6 is 0 Å². The van der Waals surface area contributed by atoms with Gasteiger partial charge in [0, 0.05) is 28.5 Å². The average Bonchev–Trinajstić information content (AvgIpc) is 3.10. The number of hydrogen-bond acceptors (Lipinski definition) is 6. The fraction of sp³-hybridized carbons (Fsp3) is 0. The summed E-state index contributed by atoms with van der Waals surface area (Å²) in [6.07, 6.45) is 0. The number of nitrogens with one attached hydrogen (secondary N) is 2. The van der Waals surface area contributed by atoms with E-state index in [9.17, 15) is 23.3 Å². The fourth-order valence-corrected chi connectivity index (χ4v) is 3.70. The fourth-order valence-electron chi connectivity index (χ4n) is 2.86. The van der Waals surface area contributed by atoms with Gasteiger partial charge in [0.25, 0.3) is 21.6 Å². The second kappa shape index (κ2) is 7.00. The van der Waals surface area contributed by atoms with Crippen LogP contribution < -0.4 is 10.3 Å². The summed E-state index contributed by atoms with van der Waals surface area (Å²) in [4.78, 5) is 24.2. The van der Waals surface area contributed by atoms with Gasteiger partial charge in [0.15, 0.2) is 0 Å². The number of furan rings is 1. The van der Waals surface area contributed by atoms with Gasteiger partial charge in [-0.05, 0) is 36.4 Å². The number of hydrazine groups is 1. The van der Waals surface area contributed by atoms with E-state index in [-0.39, 0.29) is 16.1 Å². The van der Waals surface area contributed by atoms with E-state index in [1.165, 1.54) is 6.07 Å². The first kappa shape index (κ1) is 18.6. The molecule has 0 fully saturated rings. The largest absolute Gasteiger partial charge is 0.456 e. The number of para-hydroxylation sites is 1. The summed E-state index contributed by atoms with van der Waals surface area (Å²) >= 11 is 0. The van der Waals surface area contributed by atoms with Crippen LogP contribution in [0.4, 0.5) is 5.69 Å². The number of rotatable bonds is 5. The average molecular weight is 411 g/mol. The Hall–Kier alpha value is -3.76. The summed E-state index contributed by atoms with van der Waals surface area (Å²) < 4.78 is 30.3. The van der Waals surface area contributed by atoms with Crippen LogP contribution in [-0.4, -0.2) is 19.2 Å². The van der Waals surface area contributed by atoms with Gasteiger partial charge < -0.3 is 4.42 Å². The smallest absolute Gasteiger partial charge is 0.269 e. The zero-order valence-corrected chi connectivity index (χ0v) is 15.5. The zero-order valence-electron chi connectivity index (χ0n) is 14.7. The maximum atomic E-state index is 12.4. The number of non-ortho nitro benzene ring substituents is 1. The first-order valence-corrected chi connectivity index (χ1v) is 9.81. The van der Waals surface area contributed by atoms with Crippen molar-refractivity contribution in [3.05, 3.63) is 82.4 Å². The molecule has 0 unspecified atom stereocenters. The van der Waals surface area contributed by atoms with Crippen LogP contribution in [0.25, 0.3) is 21.9 Å². The number of nitro benzene ring substituents is 1. The first-order valence-electron chi connectivity index (χ1n) is 8.33. The van der Waals surface area contributed by atoms with Gasteiger partial charge >= 0.3 is 0 Å². The Morgan fingerprint density at radius 2 is 1.62 bits per heavy atom. The number of amides is 1. The molecule has 0 aliphatic rings. The number of sulfonamides is 1. The number of benzene rings is 3. The Bertz CT molecular complexity index is 1360. The summed E-state index contributed by atoms with van der Waals surface area (Å²) in [7, 11) is -4.10. The predicted octanol–water partition coefficient (Wildman–Crippen LogP) is 3.12. The van der Waals surface area contributed by atoms with Crippen molar-refractivity contribution in [1.29, 1.82) is 0 Å². The lowest BCUT2D eigenvalue weighted by molar-refractivity contribution is -0.384. The Morgan fingerprint density at radius 3 is 2.34 bits per heavy atom. The molecular weight excluding hydrogens is 398 g/mol. The monoisotopic (exact) mass is 411 g/mol. The Morgan fingerprint density at radius 1 is 0.931 bits per heavy atom. The van der Waals surface area contributed by atoms with Crippen molar-refractivity contribution in [1.82, 2.24) is 10.3 Å². The highest BCUT2D eigenvalue weighted by Gasteiger charge is 2.18. The van der Waals surface area contributed by atoms with Crippen LogP contribution in [0.15, 0.2) is 76.0 Å². The third-order valence-corrected chi connectivity index (χ3v) is 5.56. The summed E-state index contributed by atoms with van der Waals surface area (Å²) in [6.45, 7) is 0. The normalized spacial score (nSPS) is 11.6. The van der Waals surface area contributed by atoms with Crippen molar-refractivity contribution in [3.8, 4) is 0 Å². The van der Waals surface area contributed by atoms with E-state index >= 15 is 0 Å². The van der Waals surface area contributed by atoms with Crippen LogP contribution in [0.5, 0.6) is 0 Å². The van der Waals surface area contributed by atoms with Gasteiger partial charge in [0.2, 0.25) is 0 Å². The minimum Gasteiger partial charge on any atom is -0.456 e. The first-order chi connectivity index (χ1) is 13.8. The molecule has 0 spiro atoms. The molecule has 0 bridgehead atoms. The maximum absolute atomic E-state index is 12.4. The summed E-state index contributed by atoms with van der Waals surface area (Å²) in [5.74, 6) is -0.664. The molecule has 1 aromatic heterocycles.